The van der Waals surface area contributed by atoms with Crippen molar-refractivity contribution in [3.8, 4) is 0 Å². The molecule has 1 aliphatic rings. The van der Waals surface area contributed by atoms with Crippen molar-refractivity contribution in [3.63, 3.8) is 0 Å². The third-order valence-electron chi connectivity index (χ3n) is 4.07. The van der Waals surface area contributed by atoms with Crippen LogP contribution in [0.2, 0.25) is 0 Å². The summed E-state index contributed by atoms with van der Waals surface area (Å²) in [5, 5.41) is 4.23. The molecule has 1 atom stereocenters. The second-order valence-corrected chi connectivity index (χ2v) is 5.41. The molecule has 22 heavy (non-hydrogen) atoms. The van der Waals surface area contributed by atoms with Gasteiger partial charge in [-0.15, -0.1) is 0 Å². The van der Waals surface area contributed by atoms with Crippen LogP contribution in [-0.2, 0) is 0 Å². The molecule has 0 aromatic carbocycles. The van der Waals surface area contributed by atoms with Crippen molar-refractivity contribution in [2.75, 3.05) is 13.1 Å². The summed E-state index contributed by atoms with van der Waals surface area (Å²) in [4.78, 5) is 22.6. The Morgan fingerprint density at radius 1 is 1.32 bits per heavy atom. The number of rotatable bonds is 2. The van der Waals surface area contributed by atoms with Crippen LogP contribution in [0, 0.1) is 0 Å². The third-order valence-corrected chi connectivity index (χ3v) is 4.07. The molecule has 0 aliphatic carbocycles. The van der Waals surface area contributed by atoms with Crippen molar-refractivity contribution in [2.24, 2.45) is 0 Å². The molecular weight excluding hydrogens is 282 g/mol. The van der Waals surface area contributed by atoms with Gasteiger partial charge in [0.15, 0.2) is 5.76 Å². The molecule has 4 heterocycles. The first-order chi connectivity index (χ1) is 10.8. The van der Waals surface area contributed by atoms with Gasteiger partial charge in [-0.3, -0.25) is 4.79 Å². The van der Waals surface area contributed by atoms with Gasteiger partial charge in [0, 0.05) is 25.2 Å². The van der Waals surface area contributed by atoms with Crippen molar-refractivity contribution in [1.82, 2.24) is 24.5 Å². The standard InChI is InChI=1S/C15H15N5O2/c21-14(13-4-2-8-22-13)19-7-1-3-11(9-19)12-5-6-16-15-17-10-18-20(12)15/h2,4-6,8,10-11H,1,3,7,9H2. The summed E-state index contributed by atoms with van der Waals surface area (Å²) in [7, 11) is 0. The number of likely N-dealkylation sites (tertiary alicyclic amines) is 1. The maximum absolute atomic E-state index is 12.4. The topological polar surface area (TPSA) is 76.5 Å². The molecule has 7 nitrogen and oxygen atoms in total. The molecule has 3 aromatic heterocycles. The van der Waals surface area contributed by atoms with E-state index >= 15 is 0 Å². The number of hydrogen-bond acceptors (Lipinski definition) is 5. The van der Waals surface area contributed by atoms with Gasteiger partial charge in [-0.1, -0.05) is 0 Å². The fourth-order valence-corrected chi connectivity index (χ4v) is 3.02. The van der Waals surface area contributed by atoms with Crippen LogP contribution < -0.4 is 0 Å². The number of carbonyl (C=O) groups is 1. The molecular formula is C15H15N5O2. The van der Waals surface area contributed by atoms with Crippen LogP contribution >= 0.6 is 0 Å². The van der Waals surface area contributed by atoms with Gasteiger partial charge < -0.3 is 9.32 Å². The number of piperidine rings is 1. The van der Waals surface area contributed by atoms with Crippen LogP contribution in [0.1, 0.15) is 35.0 Å². The molecule has 3 aromatic rings. The van der Waals surface area contributed by atoms with Gasteiger partial charge in [0.25, 0.3) is 11.7 Å². The molecule has 1 unspecified atom stereocenters. The first-order valence-corrected chi connectivity index (χ1v) is 7.30. The first kappa shape index (κ1) is 13.0. The number of fused-ring (bicyclic) bond motifs is 1. The van der Waals surface area contributed by atoms with E-state index in [0.717, 1.165) is 25.1 Å². The first-order valence-electron chi connectivity index (χ1n) is 7.30. The van der Waals surface area contributed by atoms with Crippen molar-refractivity contribution in [2.45, 2.75) is 18.8 Å². The van der Waals surface area contributed by atoms with Gasteiger partial charge in [0.05, 0.1) is 12.0 Å². The molecule has 0 spiro atoms. The number of nitrogens with zero attached hydrogens (tertiary/aromatic N) is 5. The smallest absolute Gasteiger partial charge is 0.289 e. The number of furan rings is 1. The largest absolute Gasteiger partial charge is 0.459 e. The van der Waals surface area contributed by atoms with E-state index in [-0.39, 0.29) is 11.8 Å². The minimum Gasteiger partial charge on any atom is -0.459 e. The zero-order chi connectivity index (χ0) is 14.9. The van der Waals surface area contributed by atoms with Crippen LogP contribution in [0.3, 0.4) is 0 Å². The molecule has 1 amide bonds. The Morgan fingerprint density at radius 2 is 2.27 bits per heavy atom. The molecule has 0 bridgehead atoms. The highest BCUT2D eigenvalue weighted by atomic mass is 16.3. The monoisotopic (exact) mass is 297 g/mol. The maximum Gasteiger partial charge on any atom is 0.289 e. The van der Waals surface area contributed by atoms with E-state index in [1.807, 2.05) is 11.0 Å². The van der Waals surface area contributed by atoms with Crippen molar-refractivity contribution in [1.29, 1.82) is 0 Å². The Morgan fingerprint density at radius 3 is 3.14 bits per heavy atom. The summed E-state index contributed by atoms with van der Waals surface area (Å²) >= 11 is 0. The molecule has 112 valence electrons. The predicted molar refractivity (Wildman–Crippen MR) is 77.4 cm³/mol. The molecule has 1 fully saturated rings. The minimum absolute atomic E-state index is 0.0569. The van der Waals surface area contributed by atoms with Gasteiger partial charge in [-0.25, -0.2) is 9.50 Å². The molecule has 1 saturated heterocycles. The molecule has 0 N–H and O–H groups in total. The van der Waals surface area contributed by atoms with E-state index < -0.39 is 0 Å². The van der Waals surface area contributed by atoms with E-state index in [4.69, 9.17) is 4.42 Å². The van der Waals surface area contributed by atoms with E-state index in [1.54, 1.807) is 22.8 Å². The van der Waals surface area contributed by atoms with Gasteiger partial charge in [-0.05, 0) is 31.0 Å². The number of aromatic nitrogens is 4. The van der Waals surface area contributed by atoms with Crippen LogP contribution in [0.25, 0.3) is 5.78 Å². The Bertz CT molecular complexity index is 795. The Hall–Kier alpha value is -2.70. The fraction of sp³-hybridized carbons (Fsp3) is 0.333. The molecule has 0 saturated carbocycles. The lowest BCUT2D eigenvalue weighted by molar-refractivity contribution is 0.0673. The summed E-state index contributed by atoms with van der Waals surface area (Å²) < 4.78 is 6.97. The lowest BCUT2D eigenvalue weighted by atomic mass is 9.94. The van der Waals surface area contributed by atoms with E-state index in [2.05, 4.69) is 15.1 Å². The van der Waals surface area contributed by atoms with Crippen LogP contribution in [-0.4, -0.2) is 43.5 Å². The second-order valence-electron chi connectivity index (χ2n) is 5.41. The molecule has 7 heteroatoms. The number of carbonyl (C=O) groups excluding carboxylic acids is 1. The lowest BCUT2D eigenvalue weighted by Crippen LogP contribution is -2.39. The zero-order valence-electron chi connectivity index (χ0n) is 11.9. The summed E-state index contributed by atoms with van der Waals surface area (Å²) in [6, 6.07) is 5.39. The Kier molecular flexibility index (Phi) is 3.10. The molecule has 0 radical (unpaired) electrons. The maximum atomic E-state index is 12.4. The summed E-state index contributed by atoms with van der Waals surface area (Å²) in [6.07, 6.45) is 6.74. The van der Waals surface area contributed by atoms with Crippen LogP contribution in [0.5, 0.6) is 0 Å². The highest BCUT2D eigenvalue weighted by Crippen LogP contribution is 2.27. The number of hydrogen-bond donors (Lipinski definition) is 0. The average Bonchev–Trinajstić information content (AvgIpc) is 3.25. The fourth-order valence-electron chi connectivity index (χ4n) is 3.02. The number of amides is 1. The Balaban J connectivity index is 1.61. The summed E-state index contributed by atoms with van der Waals surface area (Å²) in [5.74, 6) is 1.15. The summed E-state index contributed by atoms with van der Waals surface area (Å²) in [6.45, 7) is 1.40. The summed E-state index contributed by atoms with van der Waals surface area (Å²) in [5.41, 5.74) is 1.04. The highest BCUT2D eigenvalue weighted by molar-refractivity contribution is 5.91. The highest BCUT2D eigenvalue weighted by Gasteiger charge is 2.28. The zero-order valence-corrected chi connectivity index (χ0v) is 11.9. The Labute approximate surface area is 126 Å². The van der Waals surface area contributed by atoms with Gasteiger partial charge >= 0.3 is 0 Å². The van der Waals surface area contributed by atoms with Crippen molar-refractivity contribution >= 4 is 11.7 Å². The second kappa shape index (κ2) is 5.25. The quantitative estimate of drug-likeness (QED) is 0.720. The van der Waals surface area contributed by atoms with E-state index in [0.29, 0.717) is 18.1 Å². The SMILES string of the molecule is O=C(c1ccco1)N1CCCC(c2ccnc3ncnn23)C1. The minimum atomic E-state index is -0.0569. The van der Waals surface area contributed by atoms with Crippen molar-refractivity contribution in [3.05, 3.63) is 48.4 Å². The van der Waals surface area contributed by atoms with E-state index in [1.165, 1.54) is 12.6 Å². The van der Waals surface area contributed by atoms with Crippen molar-refractivity contribution < 1.29 is 9.21 Å². The van der Waals surface area contributed by atoms with Gasteiger partial charge in [0.2, 0.25) is 0 Å². The van der Waals surface area contributed by atoms with Gasteiger partial charge in [-0.2, -0.15) is 10.1 Å². The molecule has 4 rings (SSSR count). The van der Waals surface area contributed by atoms with Gasteiger partial charge in [0.1, 0.15) is 6.33 Å². The van der Waals surface area contributed by atoms with E-state index in [9.17, 15) is 4.79 Å². The van der Waals surface area contributed by atoms with Crippen LogP contribution in [0.15, 0.2) is 41.4 Å². The normalized spacial score (nSPS) is 18.7. The van der Waals surface area contributed by atoms with Crippen LogP contribution in [0.4, 0.5) is 0 Å². The lowest BCUT2D eigenvalue weighted by Gasteiger charge is -2.32. The predicted octanol–water partition coefficient (Wildman–Crippen LogP) is 1.74. The third kappa shape index (κ3) is 2.14. The molecule has 1 aliphatic heterocycles. The average molecular weight is 297 g/mol.